The van der Waals surface area contributed by atoms with Gasteiger partial charge >= 0.3 is 0 Å². The smallest absolute Gasteiger partial charge is 0.285 e. The van der Waals surface area contributed by atoms with Crippen LogP contribution in [0.3, 0.4) is 0 Å². The molecule has 1 amide bonds. The number of carbonyl (C=O) groups excluding carboxylic acids is 1. The van der Waals surface area contributed by atoms with E-state index in [1.165, 1.54) is 6.07 Å². The van der Waals surface area contributed by atoms with Gasteiger partial charge in [-0.2, -0.15) is 0 Å². The standard InChI is InChI=1S/C19H17N3O4/c1-11-6-4-9-16(17(11)22(24)25)18(23)21-15-8-5-7-14(10-15)19-20-12(2)13(3)26-19/h4-10H,1-3H3,(H,21,23). The van der Waals surface area contributed by atoms with Crippen LogP contribution in [-0.2, 0) is 0 Å². The fourth-order valence-electron chi connectivity index (χ4n) is 2.61. The molecule has 0 saturated carbocycles. The Kier molecular flexibility index (Phi) is 4.53. The molecule has 0 fully saturated rings. The summed E-state index contributed by atoms with van der Waals surface area (Å²) < 4.78 is 5.60. The van der Waals surface area contributed by atoms with Gasteiger partial charge in [-0.3, -0.25) is 14.9 Å². The number of aryl methyl sites for hydroxylation is 3. The van der Waals surface area contributed by atoms with Crippen molar-refractivity contribution in [1.29, 1.82) is 0 Å². The largest absolute Gasteiger partial charge is 0.441 e. The molecule has 0 spiro atoms. The second-order valence-corrected chi connectivity index (χ2v) is 5.92. The van der Waals surface area contributed by atoms with E-state index in [0.29, 0.717) is 22.7 Å². The number of amides is 1. The van der Waals surface area contributed by atoms with Crippen LogP contribution in [0.5, 0.6) is 0 Å². The predicted molar refractivity (Wildman–Crippen MR) is 97.2 cm³/mol. The van der Waals surface area contributed by atoms with Gasteiger partial charge in [-0.1, -0.05) is 18.2 Å². The number of anilines is 1. The Morgan fingerprint density at radius 3 is 2.54 bits per heavy atom. The van der Waals surface area contributed by atoms with Gasteiger partial charge < -0.3 is 9.73 Å². The van der Waals surface area contributed by atoms with Crippen molar-refractivity contribution < 1.29 is 14.1 Å². The SMILES string of the molecule is Cc1cccc(C(=O)Nc2cccc(-c3nc(C)c(C)o3)c2)c1[N+](=O)[O-]. The molecule has 0 radical (unpaired) electrons. The van der Waals surface area contributed by atoms with Gasteiger partial charge in [0.05, 0.1) is 10.6 Å². The molecule has 0 aliphatic carbocycles. The fourth-order valence-corrected chi connectivity index (χ4v) is 2.61. The van der Waals surface area contributed by atoms with E-state index in [1.54, 1.807) is 37.3 Å². The highest BCUT2D eigenvalue weighted by Crippen LogP contribution is 2.26. The summed E-state index contributed by atoms with van der Waals surface area (Å²) in [6.07, 6.45) is 0. The van der Waals surface area contributed by atoms with Gasteiger partial charge in [-0.25, -0.2) is 4.98 Å². The number of nitrogens with one attached hydrogen (secondary N) is 1. The lowest BCUT2D eigenvalue weighted by Crippen LogP contribution is -2.14. The molecule has 1 heterocycles. The summed E-state index contributed by atoms with van der Waals surface area (Å²) in [7, 11) is 0. The average molecular weight is 351 g/mol. The van der Waals surface area contributed by atoms with E-state index in [4.69, 9.17) is 4.42 Å². The second-order valence-electron chi connectivity index (χ2n) is 5.92. The Bertz CT molecular complexity index is 988. The van der Waals surface area contributed by atoms with Crippen LogP contribution in [-0.4, -0.2) is 15.8 Å². The first kappa shape index (κ1) is 17.3. The highest BCUT2D eigenvalue weighted by Gasteiger charge is 2.22. The summed E-state index contributed by atoms with van der Waals surface area (Å²) in [4.78, 5) is 27.6. The number of carbonyl (C=O) groups is 1. The van der Waals surface area contributed by atoms with Crippen LogP contribution in [0.4, 0.5) is 11.4 Å². The zero-order valence-corrected chi connectivity index (χ0v) is 14.6. The summed E-state index contributed by atoms with van der Waals surface area (Å²) in [6, 6.07) is 11.6. The zero-order chi connectivity index (χ0) is 18.8. The van der Waals surface area contributed by atoms with Crippen LogP contribution in [0.2, 0.25) is 0 Å². The fraction of sp³-hybridized carbons (Fsp3) is 0.158. The number of nitrogens with zero attached hydrogens (tertiary/aromatic N) is 2. The van der Waals surface area contributed by atoms with Crippen LogP contribution in [0.1, 0.15) is 27.4 Å². The molecule has 0 atom stereocenters. The van der Waals surface area contributed by atoms with Crippen molar-refractivity contribution in [2.75, 3.05) is 5.32 Å². The minimum Gasteiger partial charge on any atom is -0.441 e. The number of nitro benzene ring substituents is 1. The van der Waals surface area contributed by atoms with Crippen molar-refractivity contribution >= 4 is 17.3 Å². The van der Waals surface area contributed by atoms with Crippen LogP contribution < -0.4 is 5.32 Å². The number of aromatic nitrogens is 1. The highest BCUT2D eigenvalue weighted by molar-refractivity contribution is 6.07. The third-order valence-corrected chi connectivity index (χ3v) is 4.06. The average Bonchev–Trinajstić information content (AvgIpc) is 2.93. The third-order valence-electron chi connectivity index (χ3n) is 4.06. The van der Waals surface area contributed by atoms with E-state index < -0.39 is 10.8 Å². The van der Waals surface area contributed by atoms with Crippen molar-refractivity contribution in [2.45, 2.75) is 20.8 Å². The molecule has 1 N–H and O–H groups in total. The van der Waals surface area contributed by atoms with Gasteiger partial charge in [0.25, 0.3) is 11.6 Å². The Hall–Kier alpha value is -3.48. The van der Waals surface area contributed by atoms with Crippen LogP contribution in [0.15, 0.2) is 46.9 Å². The second kappa shape index (κ2) is 6.79. The molecule has 7 heteroatoms. The maximum atomic E-state index is 12.5. The van der Waals surface area contributed by atoms with Crippen LogP contribution >= 0.6 is 0 Å². The number of nitro groups is 1. The molecular formula is C19H17N3O4. The molecule has 0 aliphatic heterocycles. The number of para-hydroxylation sites is 1. The Morgan fingerprint density at radius 1 is 1.15 bits per heavy atom. The van der Waals surface area contributed by atoms with Crippen molar-refractivity contribution in [1.82, 2.24) is 4.98 Å². The highest BCUT2D eigenvalue weighted by atomic mass is 16.6. The normalized spacial score (nSPS) is 10.6. The monoisotopic (exact) mass is 351 g/mol. The lowest BCUT2D eigenvalue weighted by molar-refractivity contribution is -0.385. The van der Waals surface area contributed by atoms with E-state index in [-0.39, 0.29) is 11.3 Å². The lowest BCUT2D eigenvalue weighted by Gasteiger charge is -2.08. The molecule has 0 unspecified atom stereocenters. The lowest BCUT2D eigenvalue weighted by atomic mass is 10.1. The van der Waals surface area contributed by atoms with E-state index in [9.17, 15) is 14.9 Å². The zero-order valence-electron chi connectivity index (χ0n) is 14.6. The maximum Gasteiger partial charge on any atom is 0.285 e. The Balaban J connectivity index is 1.91. The summed E-state index contributed by atoms with van der Waals surface area (Å²) in [5, 5.41) is 14.0. The van der Waals surface area contributed by atoms with Gasteiger partial charge in [-0.05, 0) is 45.0 Å². The first-order valence-electron chi connectivity index (χ1n) is 7.96. The van der Waals surface area contributed by atoms with E-state index in [1.807, 2.05) is 19.9 Å². The van der Waals surface area contributed by atoms with Gasteiger partial charge in [-0.15, -0.1) is 0 Å². The molecule has 132 valence electrons. The maximum absolute atomic E-state index is 12.5. The van der Waals surface area contributed by atoms with Gasteiger partial charge in [0, 0.05) is 16.8 Å². The van der Waals surface area contributed by atoms with Crippen molar-refractivity contribution in [3.63, 3.8) is 0 Å². The van der Waals surface area contributed by atoms with Crippen molar-refractivity contribution in [3.05, 3.63) is 75.2 Å². The Morgan fingerprint density at radius 2 is 1.88 bits per heavy atom. The quantitative estimate of drug-likeness (QED) is 0.554. The molecule has 0 bridgehead atoms. The summed E-state index contributed by atoms with van der Waals surface area (Å²) in [5.74, 6) is 0.639. The van der Waals surface area contributed by atoms with E-state index >= 15 is 0 Å². The molecule has 26 heavy (non-hydrogen) atoms. The molecule has 0 aliphatic rings. The Labute approximate surface area is 149 Å². The minimum atomic E-state index is -0.544. The molecule has 7 nitrogen and oxygen atoms in total. The topological polar surface area (TPSA) is 98.3 Å². The third kappa shape index (κ3) is 3.32. The number of benzene rings is 2. The van der Waals surface area contributed by atoms with Gasteiger partial charge in [0.2, 0.25) is 5.89 Å². The van der Waals surface area contributed by atoms with E-state index in [2.05, 4.69) is 10.3 Å². The molecule has 3 aromatic rings. The molecule has 3 rings (SSSR count). The molecule has 2 aromatic carbocycles. The first-order valence-corrected chi connectivity index (χ1v) is 7.96. The predicted octanol–water partition coefficient (Wildman–Crippen LogP) is 4.43. The number of rotatable bonds is 4. The number of oxazole rings is 1. The summed E-state index contributed by atoms with van der Waals surface area (Å²) in [6.45, 7) is 5.28. The van der Waals surface area contributed by atoms with Crippen LogP contribution in [0.25, 0.3) is 11.5 Å². The van der Waals surface area contributed by atoms with Crippen LogP contribution in [0, 0.1) is 30.9 Å². The number of hydrogen-bond acceptors (Lipinski definition) is 5. The molecule has 0 saturated heterocycles. The minimum absolute atomic E-state index is 0.0169. The van der Waals surface area contributed by atoms with Crippen molar-refractivity contribution in [2.24, 2.45) is 0 Å². The number of hydrogen-bond donors (Lipinski definition) is 1. The first-order chi connectivity index (χ1) is 12.4. The van der Waals surface area contributed by atoms with Crippen molar-refractivity contribution in [3.8, 4) is 11.5 Å². The molecule has 1 aromatic heterocycles. The summed E-state index contributed by atoms with van der Waals surface area (Å²) >= 11 is 0. The van der Waals surface area contributed by atoms with E-state index in [0.717, 1.165) is 11.5 Å². The van der Waals surface area contributed by atoms with Gasteiger partial charge in [0.1, 0.15) is 11.3 Å². The summed E-state index contributed by atoms with van der Waals surface area (Å²) in [5.41, 5.74) is 2.25. The molecular weight excluding hydrogens is 334 g/mol. The van der Waals surface area contributed by atoms with Gasteiger partial charge in [0.15, 0.2) is 0 Å².